The van der Waals surface area contributed by atoms with E-state index in [-0.39, 0.29) is 0 Å². The maximum Gasteiger partial charge on any atom is -0.0117 e. The summed E-state index contributed by atoms with van der Waals surface area (Å²) < 4.78 is 0. The molecule has 0 bridgehead atoms. The number of allylic oxidation sites excluding steroid dienone is 2. The average Bonchev–Trinajstić information content (AvgIpc) is 1.58. The van der Waals surface area contributed by atoms with Crippen molar-refractivity contribution in [1.82, 2.24) is 0 Å². The standard InChI is InChI=1S/C10H18/c1-8(2)6-10(5)7-9(3)4/h9H,1,5-7H2,2-4H3. The summed E-state index contributed by atoms with van der Waals surface area (Å²) in [6, 6.07) is 0. The molecule has 0 rings (SSSR count). The molecule has 0 fully saturated rings. The van der Waals surface area contributed by atoms with E-state index in [9.17, 15) is 0 Å². The van der Waals surface area contributed by atoms with Crippen LogP contribution in [0, 0.1) is 5.92 Å². The van der Waals surface area contributed by atoms with Gasteiger partial charge in [0.1, 0.15) is 0 Å². The Morgan fingerprint density at radius 3 is 2.10 bits per heavy atom. The lowest BCUT2D eigenvalue weighted by Crippen LogP contribution is -1.90. The first kappa shape index (κ1) is 9.48. The van der Waals surface area contributed by atoms with Crippen LogP contribution in [-0.4, -0.2) is 0 Å². The van der Waals surface area contributed by atoms with E-state index in [1.165, 1.54) is 11.1 Å². The summed E-state index contributed by atoms with van der Waals surface area (Å²) in [5.41, 5.74) is 2.52. The van der Waals surface area contributed by atoms with Crippen molar-refractivity contribution in [2.75, 3.05) is 0 Å². The second-order valence-corrected chi connectivity index (χ2v) is 3.48. The van der Waals surface area contributed by atoms with Crippen LogP contribution in [-0.2, 0) is 0 Å². The van der Waals surface area contributed by atoms with Gasteiger partial charge in [-0.25, -0.2) is 0 Å². The maximum atomic E-state index is 3.97. The summed E-state index contributed by atoms with van der Waals surface area (Å²) in [4.78, 5) is 0. The molecule has 0 aliphatic heterocycles. The molecule has 10 heavy (non-hydrogen) atoms. The molecule has 0 saturated heterocycles. The van der Waals surface area contributed by atoms with E-state index in [0.717, 1.165) is 18.8 Å². The zero-order chi connectivity index (χ0) is 8.15. The smallest absolute Gasteiger partial charge is 0.0117 e. The van der Waals surface area contributed by atoms with E-state index < -0.39 is 0 Å². The normalized spacial score (nSPS) is 10.0. The van der Waals surface area contributed by atoms with E-state index in [1.807, 2.05) is 6.92 Å². The predicted molar refractivity (Wildman–Crippen MR) is 48.0 cm³/mol. The first-order valence-corrected chi connectivity index (χ1v) is 3.83. The second-order valence-electron chi connectivity index (χ2n) is 3.48. The van der Waals surface area contributed by atoms with E-state index in [2.05, 4.69) is 27.0 Å². The molecule has 0 amide bonds. The van der Waals surface area contributed by atoms with Gasteiger partial charge in [0.05, 0.1) is 0 Å². The van der Waals surface area contributed by atoms with Gasteiger partial charge in [0, 0.05) is 0 Å². The van der Waals surface area contributed by atoms with Crippen molar-refractivity contribution in [3.05, 3.63) is 24.3 Å². The molecule has 0 heteroatoms. The monoisotopic (exact) mass is 138 g/mol. The lowest BCUT2D eigenvalue weighted by atomic mass is 9.99. The molecule has 0 aliphatic rings. The van der Waals surface area contributed by atoms with Crippen LogP contribution in [0.5, 0.6) is 0 Å². The van der Waals surface area contributed by atoms with Crippen molar-refractivity contribution >= 4 is 0 Å². The Labute approximate surface area is 64.6 Å². The molecule has 0 aromatic heterocycles. The van der Waals surface area contributed by atoms with E-state index >= 15 is 0 Å². The SMILES string of the molecule is C=C(C)CC(=C)CC(C)C. The minimum absolute atomic E-state index is 0.729. The second kappa shape index (κ2) is 4.32. The lowest BCUT2D eigenvalue weighted by Gasteiger charge is -2.07. The molecule has 0 spiro atoms. The van der Waals surface area contributed by atoms with Gasteiger partial charge >= 0.3 is 0 Å². The fourth-order valence-electron chi connectivity index (χ4n) is 1.08. The van der Waals surface area contributed by atoms with Crippen LogP contribution in [0.15, 0.2) is 24.3 Å². The Hall–Kier alpha value is -0.520. The topological polar surface area (TPSA) is 0 Å². The largest absolute Gasteiger partial charge is 0.0998 e. The van der Waals surface area contributed by atoms with Gasteiger partial charge in [-0.15, -0.1) is 0 Å². The van der Waals surface area contributed by atoms with Crippen molar-refractivity contribution in [3.8, 4) is 0 Å². The lowest BCUT2D eigenvalue weighted by molar-refractivity contribution is 0.634. The molecule has 0 aromatic carbocycles. The van der Waals surface area contributed by atoms with Gasteiger partial charge in [0.2, 0.25) is 0 Å². The highest BCUT2D eigenvalue weighted by atomic mass is 14.0. The molecule has 0 unspecified atom stereocenters. The Bertz CT molecular complexity index is 129. The van der Waals surface area contributed by atoms with Crippen LogP contribution >= 0.6 is 0 Å². The highest BCUT2D eigenvalue weighted by Gasteiger charge is 1.97. The molecular weight excluding hydrogens is 120 g/mol. The third-order valence-corrected chi connectivity index (χ3v) is 1.25. The summed E-state index contributed by atoms with van der Waals surface area (Å²) in [5.74, 6) is 0.729. The molecule has 0 saturated carbocycles. The van der Waals surface area contributed by atoms with Crippen molar-refractivity contribution in [2.24, 2.45) is 5.92 Å². The van der Waals surface area contributed by atoms with Gasteiger partial charge in [0.25, 0.3) is 0 Å². The third-order valence-electron chi connectivity index (χ3n) is 1.25. The first-order chi connectivity index (χ1) is 4.52. The highest BCUT2D eigenvalue weighted by molar-refractivity contribution is 5.07. The minimum Gasteiger partial charge on any atom is -0.0998 e. The first-order valence-electron chi connectivity index (χ1n) is 3.83. The van der Waals surface area contributed by atoms with Crippen molar-refractivity contribution in [1.29, 1.82) is 0 Å². The summed E-state index contributed by atoms with van der Waals surface area (Å²) in [7, 11) is 0. The summed E-state index contributed by atoms with van der Waals surface area (Å²) >= 11 is 0. The van der Waals surface area contributed by atoms with Crippen LogP contribution < -0.4 is 0 Å². The Kier molecular flexibility index (Phi) is 4.10. The highest BCUT2D eigenvalue weighted by Crippen LogP contribution is 2.15. The van der Waals surface area contributed by atoms with Gasteiger partial charge in [-0.05, 0) is 25.7 Å². The molecule has 0 aliphatic carbocycles. The summed E-state index contributed by atoms with van der Waals surface area (Å²) in [6.07, 6.45) is 2.13. The van der Waals surface area contributed by atoms with Gasteiger partial charge in [0.15, 0.2) is 0 Å². The molecule has 0 nitrogen and oxygen atoms in total. The molecule has 0 atom stereocenters. The van der Waals surface area contributed by atoms with Gasteiger partial charge in [-0.3, -0.25) is 0 Å². The molecule has 0 aromatic rings. The maximum absolute atomic E-state index is 3.97. The van der Waals surface area contributed by atoms with Crippen LogP contribution in [0.25, 0.3) is 0 Å². The van der Waals surface area contributed by atoms with E-state index in [1.54, 1.807) is 0 Å². The van der Waals surface area contributed by atoms with Crippen molar-refractivity contribution in [2.45, 2.75) is 33.6 Å². The zero-order valence-electron chi connectivity index (χ0n) is 7.41. The van der Waals surface area contributed by atoms with Gasteiger partial charge in [-0.1, -0.05) is 38.2 Å². The summed E-state index contributed by atoms with van der Waals surface area (Å²) in [5, 5.41) is 0. The van der Waals surface area contributed by atoms with Crippen LogP contribution in [0.3, 0.4) is 0 Å². The molecular formula is C10H18. The zero-order valence-corrected chi connectivity index (χ0v) is 7.41. The fourth-order valence-corrected chi connectivity index (χ4v) is 1.08. The van der Waals surface area contributed by atoms with E-state index in [4.69, 9.17) is 0 Å². The molecule has 0 N–H and O–H groups in total. The Morgan fingerprint density at radius 2 is 1.80 bits per heavy atom. The van der Waals surface area contributed by atoms with Crippen molar-refractivity contribution in [3.63, 3.8) is 0 Å². The Balaban J connectivity index is 3.54. The predicted octanol–water partition coefficient (Wildman–Crippen LogP) is 3.55. The quantitative estimate of drug-likeness (QED) is 0.521. The minimum atomic E-state index is 0.729. The number of hydrogen-bond donors (Lipinski definition) is 0. The van der Waals surface area contributed by atoms with Crippen LogP contribution in [0.4, 0.5) is 0 Å². The summed E-state index contributed by atoms with van der Waals surface area (Å²) in [6.45, 7) is 14.3. The van der Waals surface area contributed by atoms with Gasteiger partial charge in [-0.2, -0.15) is 0 Å². The van der Waals surface area contributed by atoms with Crippen molar-refractivity contribution < 1.29 is 0 Å². The van der Waals surface area contributed by atoms with E-state index in [0.29, 0.717) is 0 Å². The molecule has 58 valence electrons. The third kappa shape index (κ3) is 5.61. The molecule has 0 heterocycles. The van der Waals surface area contributed by atoms with Gasteiger partial charge < -0.3 is 0 Å². The average molecular weight is 138 g/mol. The van der Waals surface area contributed by atoms with Crippen LogP contribution in [0.2, 0.25) is 0 Å². The molecule has 0 radical (unpaired) electrons. The Morgan fingerprint density at radius 1 is 1.30 bits per heavy atom. The number of rotatable bonds is 4. The van der Waals surface area contributed by atoms with Crippen LogP contribution in [0.1, 0.15) is 33.6 Å². The fraction of sp³-hybridized carbons (Fsp3) is 0.600. The number of hydrogen-bond acceptors (Lipinski definition) is 0.